The zero-order chi connectivity index (χ0) is 12.4. The van der Waals surface area contributed by atoms with Crippen molar-refractivity contribution in [3.63, 3.8) is 0 Å². The van der Waals surface area contributed by atoms with Crippen LogP contribution in [0, 0.1) is 0 Å². The van der Waals surface area contributed by atoms with Gasteiger partial charge in [0.1, 0.15) is 6.61 Å². The molecule has 0 saturated carbocycles. The molecule has 0 aromatic rings. The van der Waals surface area contributed by atoms with Gasteiger partial charge in [0.05, 0.1) is 0 Å². The van der Waals surface area contributed by atoms with Crippen molar-refractivity contribution in [2.75, 3.05) is 13.2 Å². The van der Waals surface area contributed by atoms with Gasteiger partial charge in [-0.3, -0.25) is 0 Å². The largest absolute Gasteiger partial charge is 0.478 e. The highest BCUT2D eigenvalue weighted by Gasteiger charge is 1.99. The van der Waals surface area contributed by atoms with Gasteiger partial charge in [0.2, 0.25) is 0 Å². The van der Waals surface area contributed by atoms with Gasteiger partial charge in [-0.2, -0.15) is 0 Å². The Hall–Kier alpha value is -1.62. The maximum absolute atomic E-state index is 10.5. The summed E-state index contributed by atoms with van der Waals surface area (Å²) < 4.78 is 4.59. The number of nitrogens with two attached hydrogens (primary N) is 1. The van der Waals surface area contributed by atoms with E-state index >= 15 is 0 Å². The van der Waals surface area contributed by atoms with E-state index in [1.54, 1.807) is 6.92 Å². The van der Waals surface area contributed by atoms with E-state index in [1.807, 2.05) is 0 Å². The third-order valence-corrected chi connectivity index (χ3v) is 1.06. The SMILES string of the molecule is C=C(C)C(=O)O.C=C(C)C(=O)OCCN. The molecule has 86 valence electrons. The molecular weight excluding hydrogens is 198 g/mol. The fraction of sp³-hybridized carbons (Fsp3) is 0.400. The number of ether oxygens (including phenoxy) is 1. The zero-order valence-corrected chi connectivity index (χ0v) is 9.08. The van der Waals surface area contributed by atoms with Gasteiger partial charge in [0.25, 0.3) is 0 Å². The average Bonchev–Trinajstić information content (AvgIpc) is 2.14. The molecule has 0 unspecified atom stereocenters. The van der Waals surface area contributed by atoms with Crippen LogP contribution in [0.15, 0.2) is 24.3 Å². The number of aliphatic carboxylic acids is 1. The van der Waals surface area contributed by atoms with Crippen LogP contribution < -0.4 is 5.73 Å². The molecule has 0 fully saturated rings. The molecule has 0 aromatic carbocycles. The summed E-state index contributed by atoms with van der Waals surface area (Å²) in [5.74, 6) is -1.31. The van der Waals surface area contributed by atoms with Gasteiger partial charge >= 0.3 is 11.9 Å². The Labute approximate surface area is 89.2 Å². The molecule has 0 saturated heterocycles. The summed E-state index contributed by atoms with van der Waals surface area (Å²) in [4.78, 5) is 20.1. The van der Waals surface area contributed by atoms with Gasteiger partial charge in [-0.1, -0.05) is 13.2 Å². The van der Waals surface area contributed by atoms with E-state index in [1.165, 1.54) is 6.92 Å². The van der Waals surface area contributed by atoms with Crippen molar-refractivity contribution < 1.29 is 19.4 Å². The fourth-order valence-corrected chi connectivity index (χ4v) is 0.275. The van der Waals surface area contributed by atoms with E-state index < -0.39 is 5.97 Å². The summed E-state index contributed by atoms with van der Waals surface area (Å²) in [5.41, 5.74) is 5.65. The molecule has 15 heavy (non-hydrogen) atoms. The summed E-state index contributed by atoms with van der Waals surface area (Å²) in [6.45, 7) is 10.2. The lowest BCUT2D eigenvalue weighted by molar-refractivity contribution is -0.138. The smallest absolute Gasteiger partial charge is 0.333 e. The van der Waals surface area contributed by atoms with Gasteiger partial charge in [-0.15, -0.1) is 0 Å². The highest BCUT2D eigenvalue weighted by atomic mass is 16.5. The number of carboxylic acid groups (broad SMARTS) is 1. The summed E-state index contributed by atoms with van der Waals surface area (Å²) in [6, 6.07) is 0. The standard InChI is InChI=1S/C6H11NO2.C4H6O2/c1-5(2)6(8)9-4-3-7;1-3(2)4(5)6/h1,3-4,7H2,2H3;1H2,2H3,(H,5,6). The molecular formula is C10H17NO4. The highest BCUT2D eigenvalue weighted by Crippen LogP contribution is 1.89. The maximum atomic E-state index is 10.5. The van der Waals surface area contributed by atoms with Gasteiger partial charge < -0.3 is 15.6 Å². The second-order valence-electron chi connectivity index (χ2n) is 2.79. The van der Waals surface area contributed by atoms with E-state index in [0.717, 1.165) is 0 Å². The van der Waals surface area contributed by atoms with Crippen molar-refractivity contribution in [1.82, 2.24) is 0 Å². The van der Waals surface area contributed by atoms with Gasteiger partial charge in [0.15, 0.2) is 0 Å². The predicted molar refractivity (Wildman–Crippen MR) is 57.3 cm³/mol. The summed E-state index contributed by atoms with van der Waals surface area (Å²) in [5, 5.41) is 7.89. The number of esters is 1. The predicted octanol–water partition coefficient (Wildman–Crippen LogP) is 0.712. The van der Waals surface area contributed by atoms with E-state index in [-0.39, 0.29) is 18.1 Å². The van der Waals surface area contributed by atoms with Gasteiger partial charge in [-0.25, -0.2) is 9.59 Å². The minimum Gasteiger partial charge on any atom is -0.478 e. The first-order valence-electron chi connectivity index (χ1n) is 4.24. The third-order valence-electron chi connectivity index (χ3n) is 1.06. The van der Waals surface area contributed by atoms with Crippen molar-refractivity contribution in [1.29, 1.82) is 0 Å². The van der Waals surface area contributed by atoms with E-state index in [2.05, 4.69) is 17.9 Å². The minimum absolute atomic E-state index is 0.176. The molecule has 5 heteroatoms. The first-order valence-corrected chi connectivity index (χ1v) is 4.24. The molecule has 3 N–H and O–H groups in total. The van der Waals surface area contributed by atoms with Crippen LogP contribution in [0.25, 0.3) is 0 Å². The molecule has 0 aliphatic rings. The van der Waals surface area contributed by atoms with Crippen molar-refractivity contribution in [3.8, 4) is 0 Å². The van der Waals surface area contributed by atoms with Crippen LogP contribution in [-0.4, -0.2) is 30.2 Å². The Bertz CT molecular complexity index is 246. The van der Waals surface area contributed by atoms with Gasteiger partial charge in [-0.05, 0) is 13.8 Å². The second-order valence-corrected chi connectivity index (χ2v) is 2.79. The quantitative estimate of drug-likeness (QED) is 0.532. The molecule has 0 rings (SSSR count). The Morgan fingerprint density at radius 2 is 1.67 bits per heavy atom. The van der Waals surface area contributed by atoms with Crippen molar-refractivity contribution in [2.24, 2.45) is 5.73 Å². The molecule has 0 spiro atoms. The minimum atomic E-state index is -0.935. The zero-order valence-electron chi connectivity index (χ0n) is 9.08. The summed E-state index contributed by atoms with van der Waals surface area (Å²) in [6.07, 6.45) is 0. The Kier molecular flexibility index (Phi) is 9.45. The third kappa shape index (κ3) is 12.4. The Morgan fingerprint density at radius 3 is 1.87 bits per heavy atom. The molecule has 0 bridgehead atoms. The normalized spacial score (nSPS) is 8.20. The van der Waals surface area contributed by atoms with Crippen molar-refractivity contribution in [3.05, 3.63) is 24.3 Å². The van der Waals surface area contributed by atoms with Crippen LogP contribution in [0.3, 0.4) is 0 Å². The van der Waals surface area contributed by atoms with Crippen LogP contribution in [0.5, 0.6) is 0 Å². The molecule has 0 amide bonds. The lowest BCUT2D eigenvalue weighted by atomic mass is 10.4. The molecule has 0 heterocycles. The van der Waals surface area contributed by atoms with Crippen molar-refractivity contribution >= 4 is 11.9 Å². The van der Waals surface area contributed by atoms with Crippen LogP contribution in [0.2, 0.25) is 0 Å². The number of carboxylic acids is 1. The van der Waals surface area contributed by atoms with Crippen LogP contribution in [-0.2, 0) is 14.3 Å². The number of carbonyl (C=O) groups is 2. The van der Waals surface area contributed by atoms with E-state index in [4.69, 9.17) is 10.8 Å². The van der Waals surface area contributed by atoms with Crippen LogP contribution in [0.1, 0.15) is 13.8 Å². The monoisotopic (exact) mass is 215 g/mol. The molecule has 0 aromatic heterocycles. The Balaban J connectivity index is 0. The fourth-order valence-electron chi connectivity index (χ4n) is 0.275. The lowest BCUT2D eigenvalue weighted by Crippen LogP contribution is -2.13. The number of rotatable bonds is 4. The molecule has 0 aliphatic heterocycles. The molecule has 0 radical (unpaired) electrons. The first-order chi connectivity index (χ1) is 6.82. The Morgan fingerprint density at radius 1 is 1.27 bits per heavy atom. The van der Waals surface area contributed by atoms with Crippen molar-refractivity contribution in [2.45, 2.75) is 13.8 Å². The van der Waals surface area contributed by atoms with Gasteiger partial charge in [0, 0.05) is 17.7 Å². The maximum Gasteiger partial charge on any atom is 0.333 e. The summed E-state index contributed by atoms with van der Waals surface area (Å²) in [7, 11) is 0. The topological polar surface area (TPSA) is 89.6 Å². The van der Waals surface area contributed by atoms with E-state index in [0.29, 0.717) is 12.1 Å². The van der Waals surface area contributed by atoms with Crippen LogP contribution in [0.4, 0.5) is 0 Å². The lowest BCUT2D eigenvalue weighted by Gasteiger charge is -1.99. The molecule has 0 aliphatic carbocycles. The average molecular weight is 215 g/mol. The number of hydrogen-bond acceptors (Lipinski definition) is 4. The second kappa shape index (κ2) is 8.96. The van der Waals surface area contributed by atoms with E-state index in [9.17, 15) is 9.59 Å². The number of hydrogen-bond donors (Lipinski definition) is 2. The summed E-state index contributed by atoms with van der Waals surface area (Å²) >= 11 is 0. The number of carbonyl (C=O) groups excluding carboxylic acids is 1. The highest BCUT2D eigenvalue weighted by molar-refractivity contribution is 5.86. The molecule has 0 atom stereocenters. The first kappa shape index (κ1) is 15.8. The van der Waals surface area contributed by atoms with Crippen LogP contribution >= 0.6 is 0 Å². The molecule has 5 nitrogen and oxygen atoms in total.